The molecule has 1 rings (SSSR count). The van der Waals surface area contributed by atoms with Gasteiger partial charge < -0.3 is 4.74 Å². The SMILES string of the molecule is CC1CN(Br)CC(C)O1. The molecule has 2 nitrogen and oxygen atoms in total. The highest BCUT2D eigenvalue weighted by molar-refractivity contribution is 9.07. The molecule has 1 aliphatic rings. The van der Waals surface area contributed by atoms with Crippen LogP contribution in [-0.4, -0.2) is 29.2 Å². The molecule has 1 saturated heterocycles. The fraction of sp³-hybridized carbons (Fsp3) is 1.00. The maximum atomic E-state index is 5.48. The Balaban J connectivity index is 2.34. The number of hydrogen-bond donors (Lipinski definition) is 0. The lowest BCUT2D eigenvalue weighted by Crippen LogP contribution is -2.40. The second kappa shape index (κ2) is 2.99. The third kappa shape index (κ3) is 2.24. The smallest absolute Gasteiger partial charge is 0.0687 e. The van der Waals surface area contributed by atoms with Gasteiger partial charge >= 0.3 is 0 Å². The van der Waals surface area contributed by atoms with Crippen LogP contribution < -0.4 is 0 Å². The Morgan fingerprint density at radius 1 is 1.33 bits per heavy atom. The minimum absolute atomic E-state index is 0.369. The van der Waals surface area contributed by atoms with E-state index in [1.807, 2.05) is 0 Å². The highest BCUT2D eigenvalue weighted by Crippen LogP contribution is 2.12. The van der Waals surface area contributed by atoms with E-state index in [2.05, 4.69) is 33.9 Å². The van der Waals surface area contributed by atoms with Crippen molar-refractivity contribution in [3.05, 3.63) is 0 Å². The largest absolute Gasteiger partial charge is 0.373 e. The van der Waals surface area contributed by atoms with Crippen molar-refractivity contribution < 1.29 is 4.74 Å². The van der Waals surface area contributed by atoms with Crippen LogP contribution in [-0.2, 0) is 4.74 Å². The van der Waals surface area contributed by atoms with Crippen molar-refractivity contribution in [2.75, 3.05) is 13.1 Å². The van der Waals surface area contributed by atoms with Gasteiger partial charge in [0, 0.05) is 29.2 Å². The van der Waals surface area contributed by atoms with Gasteiger partial charge in [-0.2, -0.15) is 0 Å². The zero-order valence-corrected chi connectivity index (χ0v) is 7.39. The van der Waals surface area contributed by atoms with Crippen molar-refractivity contribution in [3.63, 3.8) is 0 Å². The van der Waals surface area contributed by atoms with Crippen molar-refractivity contribution in [2.24, 2.45) is 0 Å². The molecule has 0 saturated carbocycles. The average molecular weight is 194 g/mol. The third-order valence-corrected chi connectivity index (χ3v) is 1.95. The summed E-state index contributed by atoms with van der Waals surface area (Å²) in [5, 5.41) is 0. The summed E-state index contributed by atoms with van der Waals surface area (Å²) < 4.78 is 7.60. The molecule has 0 amide bonds. The molecule has 0 aromatic carbocycles. The Kier molecular flexibility index (Phi) is 2.50. The van der Waals surface area contributed by atoms with Crippen LogP contribution in [0.25, 0.3) is 0 Å². The van der Waals surface area contributed by atoms with Crippen LogP contribution in [0.3, 0.4) is 0 Å². The monoisotopic (exact) mass is 193 g/mol. The van der Waals surface area contributed by atoms with Gasteiger partial charge in [-0.15, -0.1) is 0 Å². The normalized spacial score (nSPS) is 39.0. The molecular formula is C6H12BrNO. The standard InChI is InChI=1S/C6H12BrNO/c1-5-3-8(7)4-6(2)9-5/h5-6H,3-4H2,1-2H3. The minimum Gasteiger partial charge on any atom is -0.373 e. The van der Waals surface area contributed by atoms with Crippen LogP contribution in [0, 0.1) is 0 Å². The van der Waals surface area contributed by atoms with Gasteiger partial charge in [0.05, 0.1) is 12.2 Å². The van der Waals surface area contributed by atoms with E-state index >= 15 is 0 Å². The number of ether oxygens (including phenoxy) is 1. The van der Waals surface area contributed by atoms with Crippen molar-refractivity contribution in [2.45, 2.75) is 26.1 Å². The van der Waals surface area contributed by atoms with E-state index in [4.69, 9.17) is 4.74 Å². The first kappa shape index (κ1) is 7.51. The molecule has 1 aliphatic heterocycles. The van der Waals surface area contributed by atoms with Gasteiger partial charge in [0.2, 0.25) is 0 Å². The zero-order chi connectivity index (χ0) is 6.85. The van der Waals surface area contributed by atoms with Gasteiger partial charge in [-0.1, -0.05) is 0 Å². The van der Waals surface area contributed by atoms with E-state index in [1.165, 1.54) is 0 Å². The summed E-state index contributed by atoms with van der Waals surface area (Å²) >= 11 is 3.42. The molecule has 3 heteroatoms. The van der Waals surface area contributed by atoms with Gasteiger partial charge in [0.15, 0.2) is 0 Å². The van der Waals surface area contributed by atoms with Crippen LogP contribution in [0.1, 0.15) is 13.8 Å². The predicted octanol–water partition coefficient (Wildman–Crippen LogP) is 1.41. The molecule has 0 bridgehead atoms. The van der Waals surface area contributed by atoms with Crippen molar-refractivity contribution in [1.29, 1.82) is 0 Å². The molecule has 1 fully saturated rings. The molecule has 9 heavy (non-hydrogen) atoms. The van der Waals surface area contributed by atoms with Crippen LogP contribution in [0.2, 0.25) is 0 Å². The second-order valence-corrected chi connectivity index (χ2v) is 3.59. The first-order chi connectivity index (χ1) is 4.18. The van der Waals surface area contributed by atoms with E-state index in [0.717, 1.165) is 13.1 Å². The quantitative estimate of drug-likeness (QED) is 0.540. The van der Waals surface area contributed by atoms with E-state index in [0.29, 0.717) is 12.2 Å². The molecule has 0 radical (unpaired) electrons. The average Bonchev–Trinajstić information content (AvgIpc) is 1.59. The van der Waals surface area contributed by atoms with Crippen molar-refractivity contribution in [1.82, 2.24) is 3.93 Å². The molecule has 1 heterocycles. The first-order valence-corrected chi connectivity index (χ1v) is 3.95. The summed E-state index contributed by atoms with van der Waals surface area (Å²) in [4.78, 5) is 0. The third-order valence-electron chi connectivity index (χ3n) is 1.38. The fourth-order valence-electron chi connectivity index (χ4n) is 1.12. The summed E-state index contributed by atoms with van der Waals surface area (Å²) in [6.45, 7) is 6.16. The molecule has 0 N–H and O–H groups in total. The van der Waals surface area contributed by atoms with E-state index in [-0.39, 0.29) is 0 Å². The van der Waals surface area contributed by atoms with Gasteiger partial charge in [0.25, 0.3) is 0 Å². The molecule has 2 unspecified atom stereocenters. The summed E-state index contributed by atoms with van der Waals surface area (Å²) in [6, 6.07) is 0. The summed E-state index contributed by atoms with van der Waals surface area (Å²) in [6.07, 6.45) is 0.737. The Labute approximate surface area is 64.5 Å². The van der Waals surface area contributed by atoms with Gasteiger partial charge in [-0.05, 0) is 13.8 Å². The Morgan fingerprint density at radius 2 is 1.78 bits per heavy atom. The summed E-state index contributed by atoms with van der Waals surface area (Å²) in [5.74, 6) is 0. The van der Waals surface area contributed by atoms with Crippen LogP contribution >= 0.6 is 16.1 Å². The van der Waals surface area contributed by atoms with E-state index in [1.54, 1.807) is 0 Å². The number of halogens is 1. The topological polar surface area (TPSA) is 12.5 Å². The molecule has 0 aromatic heterocycles. The Hall–Kier alpha value is 0.400. The lowest BCUT2D eigenvalue weighted by atomic mass is 10.3. The Bertz CT molecular complexity index is 74.0. The predicted molar refractivity (Wildman–Crippen MR) is 40.5 cm³/mol. The molecule has 0 spiro atoms. The first-order valence-electron chi connectivity index (χ1n) is 3.24. The number of nitrogens with zero attached hydrogens (tertiary/aromatic N) is 1. The maximum absolute atomic E-state index is 5.48. The van der Waals surface area contributed by atoms with Crippen LogP contribution in [0.15, 0.2) is 0 Å². The van der Waals surface area contributed by atoms with Gasteiger partial charge in [-0.3, -0.25) is 0 Å². The second-order valence-electron chi connectivity index (χ2n) is 2.59. The van der Waals surface area contributed by atoms with Crippen LogP contribution in [0.4, 0.5) is 0 Å². The summed E-state index contributed by atoms with van der Waals surface area (Å²) in [7, 11) is 0. The lowest BCUT2D eigenvalue weighted by Gasteiger charge is -2.30. The molecule has 0 aliphatic carbocycles. The lowest BCUT2D eigenvalue weighted by molar-refractivity contribution is -0.0394. The van der Waals surface area contributed by atoms with Gasteiger partial charge in [0.1, 0.15) is 0 Å². The van der Waals surface area contributed by atoms with Gasteiger partial charge in [-0.25, -0.2) is 3.93 Å². The molecule has 54 valence electrons. The van der Waals surface area contributed by atoms with Crippen LogP contribution in [0.5, 0.6) is 0 Å². The highest BCUT2D eigenvalue weighted by atomic mass is 79.9. The molecular weight excluding hydrogens is 182 g/mol. The van der Waals surface area contributed by atoms with E-state index in [9.17, 15) is 0 Å². The van der Waals surface area contributed by atoms with E-state index < -0.39 is 0 Å². The zero-order valence-electron chi connectivity index (χ0n) is 5.80. The Morgan fingerprint density at radius 3 is 2.11 bits per heavy atom. The number of hydrogen-bond acceptors (Lipinski definition) is 2. The van der Waals surface area contributed by atoms with Crippen molar-refractivity contribution in [3.8, 4) is 0 Å². The number of rotatable bonds is 0. The highest BCUT2D eigenvalue weighted by Gasteiger charge is 2.19. The van der Waals surface area contributed by atoms with Crippen molar-refractivity contribution >= 4 is 16.1 Å². The number of morpholine rings is 1. The molecule has 2 atom stereocenters. The molecule has 0 aromatic rings. The maximum Gasteiger partial charge on any atom is 0.0687 e. The fourth-order valence-corrected chi connectivity index (χ4v) is 1.93. The summed E-state index contributed by atoms with van der Waals surface area (Å²) in [5.41, 5.74) is 0. The minimum atomic E-state index is 0.369.